The largest absolute Gasteiger partial charge is 0.336 e. The second-order valence-electron chi connectivity index (χ2n) is 4.45. The number of amides is 1. The highest BCUT2D eigenvalue weighted by molar-refractivity contribution is 6.00. The van der Waals surface area contributed by atoms with Crippen molar-refractivity contribution in [2.75, 3.05) is 12.0 Å². The number of hydrogen-bond donors (Lipinski definition) is 2. The Balaban J connectivity index is 2.37. The molecule has 1 fully saturated rings. The Hall–Kier alpha value is -2.15. The van der Waals surface area contributed by atoms with E-state index < -0.39 is 4.92 Å². The molecule has 102 valence electrons. The SMILES string of the molecule is CCN(C(=O)c1cc([N+](=O)[O-])ccc1NN)C1CC1. The van der Waals surface area contributed by atoms with Gasteiger partial charge in [-0.25, -0.2) is 0 Å². The molecule has 0 aromatic heterocycles. The molecule has 0 aliphatic heterocycles. The second kappa shape index (κ2) is 5.23. The quantitative estimate of drug-likeness (QED) is 0.476. The number of carbonyl (C=O) groups is 1. The van der Waals surface area contributed by atoms with Crippen LogP contribution in [0.2, 0.25) is 0 Å². The predicted octanol–water partition coefficient (Wildman–Crippen LogP) is 1.50. The molecule has 19 heavy (non-hydrogen) atoms. The third kappa shape index (κ3) is 2.65. The molecule has 0 heterocycles. The summed E-state index contributed by atoms with van der Waals surface area (Å²) in [6.45, 7) is 2.47. The molecule has 1 saturated carbocycles. The van der Waals surface area contributed by atoms with Crippen LogP contribution in [-0.4, -0.2) is 28.3 Å². The van der Waals surface area contributed by atoms with Crippen molar-refractivity contribution in [3.63, 3.8) is 0 Å². The number of nitrogens with one attached hydrogen (secondary N) is 1. The molecule has 2 rings (SSSR count). The first-order valence-corrected chi connectivity index (χ1v) is 6.14. The molecule has 0 unspecified atom stereocenters. The molecule has 1 aliphatic rings. The van der Waals surface area contributed by atoms with Crippen molar-refractivity contribution >= 4 is 17.3 Å². The lowest BCUT2D eigenvalue weighted by molar-refractivity contribution is -0.384. The monoisotopic (exact) mass is 264 g/mol. The van der Waals surface area contributed by atoms with Crippen LogP contribution in [0.4, 0.5) is 11.4 Å². The van der Waals surface area contributed by atoms with E-state index in [0.717, 1.165) is 12.8 Å². The van der Waals surface area contributed by atoms with E-state index >= 15 is 0 Å². The van der Waals surface area contributed by atoms with Crippen molar-refractivity contribution in [1.29, 1.82) is 0 Å². The van der Waals surface area contributed by atoms with Crippen molar-refractivity contribution in [3.8, 4) is 0 Å². The molecule has 0 spiro atoms. The van der Waals surface area contributed by atoms with E-state index in [1.165, 1.54) is 18.2 Å². The highest BCUT2D eigenvalue weighted by Gasteiger charge is 2.33. The van der Waals surface area contributed by atoms with Crippen molar-refractivity contribution in [2.45, 2.75) is 25.8 Å². The smallest absolute Gasteiger partial charge is 0.270 e. The number of nitrogens with zero attached hydrogens (tertiary/aromatic N) is 2. The molecule has 0 atom stereocenters. The lowest BCUT2D eigenvalue weighted by Gasteiger charge is -2.21. The van der Waals surface area contributed by atoms with E-state index in [1.54, 1.807) is 4.90 Å². The Bertz CT molecular complexity index is 514. The van der Waals surface area contributed by atoms with Gasteiger partial charge >= 0.3 is 0 Å². The molecule has 1 amide bonds. The Morgan fingerprint density at radius 3 is 2.74 bits per heavy atom. The van der Waals surface area contributed by atoms with Crippen LogP contribution in [0.1, 0.15) is 30.1 Å². The van der Waals surface area contributed by atoms with Gasteiger partial charge in [-0.3, -0.25) is 20.8 Å². The van der Waals surface area contributed by atoms with Crippen LogP contribution in [-0.2, 0) is 0 Å². The van der Waals surface area contributed by atoms with E-state index in [0.29, 0.717) is 12.2 Å². The third-order valence-corrected chi connectivity index (χ3v) is 3.19. The molecule has 0 radical (unpaired) electrons. The number of hydrazine groups is 1. The number of nitrogen functional groups attached to an aromatic ring is 1. The minimum atomic E-state index is -0.523. The maximum Gasteiger partial charge on any atom is 0.270 e. The lowest BCUT2D eigenvalue weighted by Crippen LogP contribution is -2.33. The normalized spacial score (nSPS) is 14.0. The van der Waals surface area contributed by atoms with Gasteiger partial charge in [0, 0.05) is 24.7 Å². The molecule has 0 bridgehead atoms. The fraction of sp³-hybridized carbons (Fsp3) is 0.417. The highest BCUT2D eigenvalue weighted by atomic mass is 16.6. The Labute approximate surface area is 110 Å². The maximum absolute atomic E-state index is 12.4. The average Bonchev–Trinajstić information content (AvgIpc) is 3.23. The summed E-state index contributed by atoms with van der Waals surface area (Å²) >= 11 is 0. The van der Waals surface area contributed by atoms with E-state index in [9.17, 15) is 14.9 Å². The Morgan fingerprint density at radius 2 is 2.26 bits per heavy atom. The van der Waals surface area contributed by atoms with Gasteiger partial charge in [-0.2, -0.15) is 0 Å². The highest BCUT2D eigenvalue weighted by Crippen LogP contribution is 2.30. The number of rotatable bonds is 5. The summed E-state index contributed by atoms with van der Waals surface area (Å²) in [5, 5.41) is 10.8. The molecule has 7 nitrogen and oxygen atoms in total. The first-order valence-electron chi connectivity index (χ1n) is 6.14. The Kier molecular flexibility index (Phi) is 3.66. The fourth-order valence-electron chi connectivity index (χ4n) is 2.06. The molecule has 3 N–H and O–H groups in total. The molecule has 0 saturated heterocycles. The number of carbonyl (C=O) groups excluding carboxylic acids is 1. The lowest BCUT2D eigenvalue weighted by atomic mass is 10.1. The van der Waals surface area contributed by atoms with Crippen molar-refractivity contribution in [3.05, 3.63) is 33.9 Å². The topological polar surface area (TPSA) is 102 Å². The van der Waals surface area contributed by atoms with Gasteiger partial charge in [0.15, 0.2) is 0 Å². The number of nitrogens with two attached hydrogens (primary N) is 1. The third-order valence-electron chi connectivity index (χ3n) is 3.19. The molecule has 1 aliphatic carbocycles. The van der Waals surface area contributed by atoms with Crippen LogP contribution in [0.15, 0.2) is 18.2 Å². The van der Waals surface area contributed by atoms with Crippen molar-refractivity contribution in [1.82, 2.24) is 4.90 Å². The minimum absolute atomic E-state index is 0.116. The Morgan fingerprint density at radius 1 is 1.58 bits per heavy atom. The summed E-state index contributed by atoms with van der Waals surface area (Å²) in [6, 6.07) is 4.29. The standard InChI is InChI=1S/C12H16N4O3/c1-2-15(8-3-4-8)12(17)10-7-9(16(18)19)5-6-11(10)14-13/h5-8,14H,2-4,13H2,1H3. The average molecular weight is 264 g/mol. The summed E-state index contributed by atoms with van der Waals surface area (Å²) in [4.78, 5) is 24.4. The molecular weight excluding hydrogens is 248 g/mol. The van der Waals surface area contributed by atoms with Gasteiger partial charge in [0.05, 0.1) is 16.2 Å². The maximum atomic E-state index is 12.4. The number of anilines is 1. The van der Waals surface area contributed by atoms with Crippen LogP contribution in [0.25, 0.3) is 0 Å². The summed E-state index contributed by atoms with van der Waals surface area (Å²) in [5.74, 6) is 5.14. The van der Waals surface area contributed by atoms with Crippen molar-refractivity contribution in [2.24, 2.45) is 5.84 Å². The van der Waals surface area contributed by atoms with E-state index in [2.05, 4.69) is 5.43 Å². The van der Waals surface area contributed by atoms with Crippen LogP contribution in [0.5, 0.6) is 0 Å². The van der Waals surface area contributed by atoms with Crippen LogP contribution in [0, 0.1) is 10.1 Å². The van der Waals surface area contributed by atoms with Gasteiger partial charge in [0.2, 0.25) is 0 Å². The zero-order chi connectivity index (χ0) is 14.0. The fourth-order valence-corrected chi connectivity index (χ4v) is 2.06. The first kappa shape index (κ1) is 13.3. The van der Waals surface area contributed by atoms with Gasteiger partial charge in [-0.05, 0) is 25.8 Å². The number of nitro groups is 1. The van der Waals surface area contributed by atoms with Crippen molar-refractivity contribution < 1.29 is 9.72 Å². The van der Waals surface area contributed by atoms with Crippen LogP contribution in [0.3, 0.4) is 0 Å². The van der Waals surface area contributed by atoms with Gasteiger partial charge in [-0.1, -0.05) is 0 Å². The summed E-state index contributed by atoms with van der Waals surface area (Å²) in [7, 11) is 0. The first-order chi connectivity index (χ1) is 9.08. The zero-order valence-corrected chi connectivity index (χ0v) is 10.6. The number of non-ortho nitro benzene ring substituents is 1. The van der Waals surface area contributed by atoms with Crippen LogP contribution >= 0.6 is 0 Å². The summed E-state index contributed by atoms with van der Waals surface area (Å²) in [5.41, 5.74) is 2.93. The number of benzene rings is 1. The number of nitro benzene ring substituents is 1. The minimum Gasteiger partial charge on any atom is -0.336 e. The van der Waals surface area contributed by atoms with Gasteiger partial charge in [-0.15, -0.1) is 0 Å². The van der Waals surface area contributed by atoms with Gasteiger partial charge in [0.1, 0.15) is 0 Å². The molecule has 1 aromatic carbocycles. The van der Waals surface area contributed by atoms with E-state index in [1.807, 2.05) is 6.92 Å². The van der Waals surface area contributed by atoms with Gasteiger partial charge < -0.3 is 10.3 Å². The number of hydrogen-bond acceptors (Lipinski definition) is 5. The summed E-state index contributed by atoms with van der Waals surface area (Å²) in [6.07, 6.45) is 1.97. The zero-order valence-electron chi connectivity index (χ0n) is 10.6. The summed E-state index contributed by atoms with van der Waals surface area (Å²) < 4.78 is 0. The molecular formula is C12H16N4O3. The van der Waals surface area contributed by atoms with E-state index in [4.69, 9.17) is 5.84 Å². The second-order valence-corrected chi connectivity index (χ2v) is 4.45. The molecule has 1 aromatic rings. The predicted molar refractivity (Wildman–Crippen MR) is 70.6 cm³/mol. The van der Waals surface area contributed by atoms with Crippen LogP contribution < -0.4 is 11.3 Å². The van der Waals surface area contributed by atoms with E-state index in [-0.39, 0.29) is 23.2 Å². The van der Waals surface area contributed by atoms with Gasteiger partial charge in [0.25, 0.3) is 11.6 Å². The molecule has 7 heteroatoms.